The molecule has 2 amide bonds. The molecule has 0 radical (unpaired) electrons. The average molecular weight is 318 g/mol. The maximum absolute atomic E-state index is 12.3. The Morgan fingerprint density at radius 3 is 2.43 bits per heavy atom. The Balaban J connectivity index is 1.83. The van der Waals surface area contributed by atoms with Crippen LogP contribution in [-0.2, 0) is 14.3 Å². The summed E-state index contributed by atoms with van der Waals surface area (Å²) >= 11 is 0. The van der Waals surface area contributed by atoms with Crippen LogP contribution in [-0.4, -0.2) is 43.4 Å². The van der Waals surface area contributed by atoms with Crippen molar-refractivity contribution in [3.63, 3.8) is 0 Å². The number of hydrogen-bond donors (Lipinski definition) is 1. The van der Waals surface area contributed by atoms with Crippen LogP contribution >= 0.6 is 0 Å². The van der Waals surface area contributed by atoms with Crippen LogP contribution < -0.4 is 5.32 Å². The Bertz CT molecular complexity index is 579. The lowest BCUT2D eigenvalue weighted by molar-refractivity contribution is -0.140. The van der Waals surface area contributed by atoms with Crippen molar-refractivity contribution in [3.8, 4) is 0 Å². The Morgan fingerprint density at radius 1 is 1.22 bits per heavy atom. The number of nitrogens with zero attached hydrogens (tertiary/aromatic N) is 1. The fourth-order valence-electron chi connectivity index (χ4n) is 2.17. The number of anilines is 1. The van der Waals surface area contributed by atoms with Gasteiger partial charge >= 0.3 is 5.97 Å². The molecule has 1 aromatic rings. The molecule has 0 unspecified atom stereocenters. The molecule has 1 aliphatic rings. The van der Waals surface area contributed by atoms with Crippen LogP contribution in [0.3, 0.4) is 0 Å². The summed E-state index contributed by atoms with van der Waals surface area (Å²) < 4.78 is 4.57. The first kappa shape index (κ1) is 17.0. The fraction of sp³-hybridized carbons (Fsp3) is 0.471. The SMILES string of the molecule is COC(=O)CCCN(C)C(=O)c1ccc(NC(=O)C2CC2)cc1. The summed E-state index contributed by atoms with van der Waals surface area (Å²) in [5.41, 5.74) is 1.25. The zero-order chi connectivity index (χ0) is 16.8. The molecule has 1 aliphatic carbocycles. The number of nitrogens with one attached hydrogen (secondary N) is 1. The quantitative estimate of drug-likeness (QED) is 0.781. The number of methoxy groups -OCH3 is 1. The van der Waals surface area contributed by atoms with E-state index < -0.39 is 0 Å². The maximum Gasteiger partial charge on any atom is 0.305 e. The highest BCUT2D eigenvalue weighted by Gasteiger charge is 2.29. The number of carbonyl (C=O) groups excluding carboxylic acids is 3. The summed E-state index contributed by atoms with van der Waals surface area (Å²) in [7, 11) is 3.04. The van der Waals surface area contributed by atoms with E-state index >= 15 is 0 Å². The molecule has 2 rings (SSSR count). The molecule has 1 fully saturated rings. The second kappa shape index (κ2) is 7.76. The number of hydrogen-bond acceptors (Lipinski definition) is 4. The van der Waals surface area contributed by atoms with E-state index in [1.165, 1.54) is 7.11 Å². The van der Waals surface area contributed by atoms with E-state index in [9.17, 15) is 14.4 Å². The van der Waals surface area contributed by atoms with Gasteiger partial charge in [0.2, 0.25) is 5.91 Å². The van der Waals surface area contributed by atoms with E-state index in [1.807, 2.05) is 0 Å². The zero-order valence-electron chi connectivity index (χ0n) is 13.5. The van der Waals surface area contributed by atoms with Gasteiger partial charge in [-0.2, -0.15) is 0 Å². The lowest BCUT2D eigenvalue weighted by Crippen LogP contribution is -2.28. The van der Waals surface area contributed by atoms with Gasteiger partial charge in [-0.3, -0.25) is 14.4 Å². The van der Waals surface area contributed by atoms with Crippen LogP contribution in [0, 0.1) is 5.92 Å². The van der Waals surface area contributed by atoms with Crippen molar-refractivity contribution in [1.82, 2.24) is 4.90 Å². The second-order valence-electron chi connectivity index (χ2n) is 5.75. The third kappa shape index (κ3) is 5.09. The minimum absolute atomic E-state index is 0.0454. The monoisotopic (exact) mass is 318 g/mol. The van der Waals surface area contributed by atoms with Gasteiger partial charge in [0.15, 0.2) is 0 Å². The molecule has 0 aliphatic heterocycles. The van der Waals surface area contributed by atoms with Crippen molar-refractivity contribution in [2.45, 2.75) is 25.7 Å². The molecule has 1 aromatic carbocycles. The number of ether oxygens (including phenoxy) is 1. The van der Waals surface area contributed by atoms with Gasteiger partial charge in [-0.1, -0.05) is 0 Å². The van der Waals surface area contributed by atoms with Crippen LogP contribution in [0.2, 0.25) is 0 Å². The van der Waals surface area contributed by atoms with Gasteiger partial charge < -0.3 is 15.0 Å². The van der Waals surface area contributed by atoms with Crippen molar-refractivity contribution in [2.24, 2.45) is 5.92 Å². The Kier molecular flexibility index (Phi) is 5.73. The normalized spacial score (nSPS) is 13.3. The molecule has 0 atom stereocenters. The molecule has 0 heterocycles. The number of amides is 2. The van der Waals surface area contributed by atoms with Crippen molar-refractivity contribution in [1.29, 1.82) is 0 Å². The average Bonchev–Trinajstić information content (AvgIpc) is 3.39. The predicted octanol–water partition coefficient (Wildman–Crippen LogP) is 2.06. The van der Waals surface area contributed by atoms with Gasteiger partial charge in [-0.05, 0) is 43.5 Å². The molecule has 0 saturated heterocycles. The molecule has 0 bridgehead atoms. The van der Waals surface area contributed by atoms with E-state index in [0.717, 1.165) is 12.8 Å². The Hall–Kier alpha value is -2.37. The summed E-state index contributed by atoms with van der Waals surface area (Å²) in [5.74, 6) is -0.196. The first-order valence-corrected chi connectivity index (χ1v) is 7.74. The van der Waals surface area contributed by atoms with Gasteiger partial charge in [0.25, 0.3) is 5.91 Å². The van der Waals surface area contributed by atoms with Crippen LogP contribution in [0.15, 0.2) is 24.3 Å². The first-order chi connectivity index (χ1) is 11.0. The van der Waals surface area contributed by atoms with Crippen LogP contribution in [0.4, 0.5) is 5.69 Å². The summed E-state index contributed by atoms with van der Waals surface area (Å²) in [5, 5.41) is 2.84. The largest absolute Gasteiger partial charge is 0.469 e. The smallest absolute Gasteiger partial charge is 0.305 e. The summed E-state index contributed by atoms with van der Waals surface area (Å²) in [6.45, 7) is 0.480. The number of benzene rings is 1. The van der Waals surface area contributed by atoms with E-state index in [0.29, 0.717) is 30.6 Å². The molecular weight excluding hydrogens is 296 g/mol. The fourth-order valence-corrected chi connectivity index (χ4v) is 2.17. The van der Waals surface area contributed by atoms with E-state index in [4.69, 9.17) is 0 Å². The number of esters is 1. The van der Waals surface area contributed by atoms with Gasteiger partial charge in [0, 0.05) is 37.2 Å². The highest BCUT2D eigenvalue weighted by Crippen LogP contribution is 2.30. The first-order valence-electron chi connectivity index (χ1n) is 7.74. The van der Waals surface area contributed by atoms with Crippen LogP contribution in [0.1, 0.15) is 36.0 Å². The lowest BCUT2D eigenvalue weighted by Gasteiger charge is -2.17. The summed E-state index contributed by atoms with van der Waals surface area (Å²) in [6.07, 6.45) is 2.77. The third-order valence-electron chi connectivity index (χ3n) is 3.80. The molecule has 0 aromatic heterocycles. The molecule has 1 saturated carbocycles. The molecule has 6 heteroatoms. The van der Waals surface area contributed by atoms with Crippen molar-refractivity contribution < 1.29 is 19.1 Å². The Labute approximate surface area is 135 Å². The lowest BCUT2D eigenvalue weighted by atomic mass is 10.1. The van der Waals surface area contributed by atoms with Gasteiger partial charge in [0.1, 0.15) is 0 Å². The molecule has 1 N–H and O–H groups in total. The van der Waals surface area contributed by atoms with Crippen molar-refractivity contribution in [3.05, 3.63) is 29.8 Å². The summed E-state index contributed by atoms with van der Waals surface area (Å²) in [6, 6.07) is 6.86. The minimum atomic E-state index is -0.276. The van der Waals surface area contributed by atoms with E-state index in [2.05, 4.69) is 10.1 Å². The van der Waals surface area contributed by atoms with Gasteiger partial charge in [-0.25, -0.2) is 0 Å². The topological polar surface area (TPSA) is 75.7 Å². The van der Waals surface area contributed by atoms with Crippen LogP contribution in [0.5, 0.6) is 0 Å². The van der Waals surface area contributed by atoms with Gasteiger partial charge in [-0.15, -0.1) is 0 Å². The molecule has 6 nitrogen and oxygen atoms in total. The molecule has 124 valence electrons. The third-order valence-corrected chi connectivity index (χ3v) is 3.80. The van der Waals surface area contributed by atoms with Crippen LogP contribution in [0.25, 0.3) is 0 Å². The van der Waals surface area contributed by atoms with Crippen molar-refractivity contribution >= 4 is 23.5 Å². The standard InChI is InChI=1S/C17H22N2O4/c1-19(11-3-4-15(20)23-2)17(22)13-7-9-14(10-8-13)18-16(21)12-5-6-12/h7-10,12H,3-6,11H2,1-2H3,(H,18,21). The highest BCUT2D eigenvalue weighted by molar-refractivity contribution is 5.96. The van der Waals surface area contributed by atoms with E-state index in [1.54, 1.807) is 36.2 Å². The zero-order valence-corrected chi connectivity index (χ0v) is 13.5. The molecule has 0 spiro atoms. The predicted molar refractivity (Wildman–Crippen MR) is 86.0 cm³/mol. The molecule has 23 heavy (non-hydrogen) atoms. The Morgan fingerprint density at radius 2 is 1.87 bits per heavy atom. The minimum Gasteiger partial charge on any atom is -0.469 e. The summed E-state index contributed by atoms with van der Waals surface area (Å²) in [4.78, 5) is 36.6. The van der Waals surface area contributed by atoms with Crippen molar-refractivity contribution in [2.75, 3.05) is 26.0 Å². The number of carbonyl (C=O) groups is 3. The van der Waals surface area contributed by atoms with Gasteiger partial charge in [0.05, 0.1) is 7.11 Å². The highest BCUT2D eigenvalue weighted by atomic mass is 16.5. The van der Waals surface area contributed by atoms with E-state index in [-0.39, 0.29) is 23.7 Å². The number of rotatable bonds is 7. The molecular formula is C17H22N2O4. The maximum atomic E-state index is 12.3. The second-order valence-corrected chi connectivity index (χ2v) is 5.75.